The van der Waals surface area contributed by atoms with Gasteiger partial charge in [0.25, 0.3) is 5.91 Å². The maximum absolute atomic E-state index is 12.8. The van der Waals surface area contributed by atoms with E-state index >= 15 is 0 Å². The van der Waals surface area contributed by atoms with Crippen LogP contribution in [0.1, 0.15) is 22.3 Å². The number of amides is 1. The number of nitrogens with zero attached hydrogens (tertiary/aromatic N) is 1. The summed E-state index contributed by atoms with van der Waals surface area (Å²) in [6.07, 6.45) is 1.49. The fourth-order valence-corrected chi connectivity index (χ4v) is 4.43. The topological polar surface area (TPSA) is 71.3 Å². The number of ether oxygens (including phenoxy) is 2. The van der Waals surface area contributed by atoms with E-state index in [0.29, 0.717) is 41.7 Å². The van der Waals surface area contributed by atoms with Gasteiger partial charge in [0, 0.05) is 10.2 Å². The number of nitrogens with one attached hydrogen (secondary N) is 1. The molecule has 3 aromatic carbocycles. The zero-order chi connectivity index (χ0) is 25.7. The monoisotopic (exact) mass is 636 g/mol. The Morgan fingerprint density at radius 3 is 2.51 bits per heavy atom. The predicted octanol–water partition coefficient (Wildman–Crippen LogP) is 8.27. The summed E-state index contributed by atoms with van der Waals surface area (Å²) in [5, 5.41) is 13.4. The van der Waals surface area contributed by atoms with Gasteiger partial charge in [-0.15, -0.1) is 0 Å². The molecule has 0 saturated heterocycles. The van der Waals surface area contributed by atoms with Crippen molar-refractivity contribution in [2.24, 2.45) is 0 Å². The van der Waals surface area contributed by atoms with Crippen LogP contribution in [-0.2, 0) is 11.4 Å². The Bertz CT molecular complexity index is 1370. The van der Waals surface area contributed by atoms with Crippen molar-refractivity contribution in [2.45, 2.75) is 20.5 Å². The highest BCUT2D eigenvalue weighted by Gasteiger charge is 2.19. The van der Waals surface area contributed by atoms with Crippen LogP contribution >= 0.6 is 55.1 Å². The molecule has 0 atom stereocenters. The molecule has 0 saturated carbocycles. The largest absolute Gasteiger partial charge is 0.493 e. The predicted molar refractivity (Wildman–Crippen MR) is 147 cm³/mol. The minimum atomic E-state index is -0.511. The second-order valence-electron chi connectivity index (χ2n) is 7.53. The summed E-state index contributed by atoms with van der Waals surface area (Å²) in [5.74, 6) is 0.350. The van der Waals surface area contributed by atoms with Crippen LogP contribution in [-0.4, -0.2) is 13.0 Å². The van der Waals surface area contributed by atoms with E-state index in [1.807, 2.05) is 38.1 Å². The molecule has 0 aliphatic carbocycles. The molecule has 0 fully saturated rings. The smallest absolute Gasteiger partial charge is 0.266 e. The number of anilines is 1. The molecule has 0 aliphatic rings. The number of halogens is 4. The SMILES string of the molecule is COc1cc(/C=C(/C#N)C(=O)Nc2cccc(C)c2C)c(Br)c(Br)c1OCc1ccc(Cl)c(Cl)c1. The zero-order valence-corrected chi connectivity index (χ0v) is 23.7. The molecule has 0 aliphatic heterocycles. The molecule has 180 valence electrons. The Balaban J connectivity index is 1.90. The van der Waals surface area contributed by atoms with Gasteiger partial charge in [-0.25, -0.2) is 0 Å². The van der Waals surface area contributed by atoms with Gasteiger partial charge in [0.15, 0.2) is 11.5 Å². The van der Waals surface area contributed by atoms with Crippen LogP contribution in [0.15, 0.2) is 57.0 Å². The number of rotatable bonds is 7. The lowest BCUT2D eigenvalue weighted by molar-refractivity contribution is -0.112. The second kappa shape index (κ2) is 12.0. The maximum Gasteiger partial charge on any atom is 0.266 e. The van der Waals surface area contributed by atoms with Gasteiger partial charge in [-0.1, -0.05) is 41.4 Å². The van der Waals surface area contributed by atoms with E-state index in [1.54, 1.807) is 24.3 Å². The number of hydrogen-bond donors (Lipinski definition) is 1. The van der Waals surface area contributed by atoms with Gasteiger partial charge in [0.1, 0.15) is 18.2 Å². The lowest BCUT2D eigenvalue weighted by atomic mass is 10.1. The van der Waals surface area contributed by atoms with E-state index in [-0.39, 0.29) is 12.2 Å². The molecule has 3 rings (SSSR count). The van der Waals surface area contributed by atoms with Gasteiger partial charge in [0.2, 0.25) is 0 Å². The van der Waals surface area contributed by atoms with Gasteiger partial charge in [0.05, 0.1) is 21.6 Å². The summed E-state index contributed by atoms with van der Waals surface area (Å²) < 4.78 is 12.7. The molecule has 0 unspecified atom stereocenters. The highest BCUT2D eigenvalue weighted by Crippen LogP contribution is 2.44. The van der Waals surface area contributed by atoms with Crippen molar-refractivity contribution < 1.29 is 14.3 Å². The second-order valence-corrected chi connectivity index (χ2v) is 9.93. The lowest BCUT2D eigenvalue weighted by Crippen LogP contribution is -2.14. The van der Waals surface area contributed by atoms with E-state index in [4.69, 9.17) is 32.7 Å². The molecule has 1 amide bonds. The number of benzene rings is 3. The average molecular weight is 639 g/mol. The third kappa shape index (κ3) is 6.39. The van der Waals surface area contributed by atoms with Crippen molar-refractivity contribution in [2.75, 3.05) is 12.4 Å². The summed E-state index contributed by atoms with van der Waals surface area (Å²) in [6, 6.07) is 14.5. The first kappa shape index (κ1) is 27.1. The van der Waals surface area contributed by atoms with Gasteiger partial charge in [-0.3, -0.25) is 4.79 Å². The molecular formula is C26H20Br2Cl2N2O3. The van der Waals surface area contributed by atoms with Crippen molar-refractivity contribution in [3.05, 3.63) is 89.3 Å². The van der Waals surface area contributed by atoms with Crippen molar-refractivity contribution in [3.63, 3.8) is 0 Å². The molecular weight excluding hydrogens is 619 g/mol. The third-order valence-corrected chi connectivity index (χ3v) is 8.14. The molecule has 1 N–H and O–H groups in total. The first-order chi connectivity index (χ1) is 16.7. The van der Waals surface area contributed by atoms with Gasteiger partial charge in [-0.2, -0.15) is 5.26 Å². The summed E-state index contributed by atoms with van der Waals surface area (Å²) in [7, 11) is 1.51. The number of nitriles is 1. The number of hydrogen-bond acceptors (Lipinski definition) is 4. The third-order valence-electron chi connectivity index (χ3n) is 5.26. The molecule has 5 nitrogen and oxygen atoms in total. The van der Waals surface area contributed by atoms with Crippen LogP contribution in [0.25, 0.3) is 6.08 Å². The fourth-order valence-electron chi connectivity index (χ4n) is 3.16. The van der Waals surface area contributed by atoms with Crippen molar-refractivity contribution >= 4 is 72.7 Å². The van der Waals surface area contributed by atoms with E-state index in [2.05, 4.69) is 37.2 Å². The molecule has 3 aromatic rings. The molecule has 0 aromatic heterocycles. The molecule has 0 heterocycles. The zero-order valence-electron chi connectivity index (χ0n) is 19.0. The standard InChI is InChI=1S/C26H20Br2Cl2N2O3/c1-14-5-4-6-21(15(14)2)32-26(33)18(12-31)10-17-11-22(34-3)25(24(28)23(17)27)35-13-16-7-8-19(29)20(30)9-16/h4-11H,13H2,1-3H3,(H,32,33)/b18-10-. The first-order valence-corrected chi connectivity index (χ1v) is 12.6. The van der Waals surface area contributed by atoms with Gasteiger partial charge < -0.3 is 14.8 Å². The molecule has 0 bridgehead atoms. The molecule has 35 heavy (non-hydrogen) atoms. The van der Waals surface area contributed by atoms with Crippen LogP contribution < -0.4 is 14.8 Å². The van der Waals surface area contributed by atoms with Crippen LogP contribution in [0.2, 0.25) is 10.0 Å². The quantitative estimate of drug-likeness (QED) is 0.209. The van der Waals surface area contributed by atoms with Gasteiger partial charge in [-0.05, 0) is 98.3 Å². The normalized spacial score (nSPS) is 11.1. The number of carbonyl (C=O) groups excluding carboxylic acids is 1. The van der Waals surface area contributed by atoms with E-state index in [1.165, 1.54) is 13.2 Å². The Morgan fingerprint density at radius 2 is 1.86 bits per heavy atom. The molecule has 9 heteroatoms. The lowest BCUT2D eigenvalue weighted by Gasteiger charge is -2.16. The number of methoxy groups -OCH3 is 1. The van der Waals surface area contributed by atoms with Gasteiger partial charge >= 0.3 is 0 Å². The summed E-state index contributed by atoms with van der Waals surface area (Å²) in [6.45, 7) is 4.09. The van der Waals surface area contributed by atoms with E-state index in [9.17, 15) is 10.1 Å². The van der Waals surface area contributed by atoms with E-state index < -0.39 is 5.91 Å². The minimum absolute atomic E-state index is 0.0648. The van der Waals surface area contributed by atoms with Crippen molar-refractivity contribution in [1.82, 2.24) is 0 Å². The maximum atomic E-state index is 12.8. The minimum Gasteiger partial charge on any atom is -0.493 e. The summed E-state index contributed by atoms with van der Waals surface area (Å²) in [5.41, 5.74) is 3.95. The Hall–Kier alpha value is -2.50. The van der Waals surface area contributed by atoms with Crippen LogP contribution in [0, 0.1) is 25.2 Å². The highest BCUT2D eigenvalue weighted by atomic mass is 79.9. The number of aryl methyl sites for hydroxylation is 1. The van der Waals surface area contributed by atoms with Crippen molar-refractivity contribution in [3.8, 4) is 17.6 Å². The van der Waals surface area contributed by atoms with Crippen LogP contribution in [0.4, 0.5) is 5.69 Å². The molecule has 0 radical (unpaired) electrons. The Kier molecular flexibility index (Phi) is 9.26. The Labute approximate surface area is 230 Å². The van der Waals surface area contributed by atoms with E-state index in [0.717, 1.165) is 16.7 Å². The van der Waals surface area contributed by atoms with Crippen LogP contribution in [0.3, 0.4) is 0 Å². The first-order valence-electron chi connectivity index (χ1n) is 10.3. The van der Waals surface area contributed by atoms with Crippen molar-refractivity contribution in [1.29, 1.82) is 5.26 Å². The van der Waals surface area contributed by atoms with Crippen LogP contribution in [0.5, 0.6) is 11.5 Å². The number of carbonyl (C=O) groups is 1. The highest BCUT2D eigenvalue weighted by molar-refractivity contribution is 9.13. The summed E-state index contributed by atoms with van der Waals surface area (Å²) in [4.78, 5) is 12.8. The average Bonchev–Trinajstić information content (AvgIpc) is 2.84. The molecule has 0 spiro atoms. The Morgan fingerprint density at radius 1 is 1.11 bits per heavy atom. The summed E-state index contributed by atoms with van der Waals surface area (Å²) >= 11 is 19.1. The fraction of sp³-hybridized carbons (Fsp3) is 0.154.